The van der Waals surface area contributed by atoms with Gasteiger partial charge in [-0.15, -0.1) is 0 Å². The molecule has 0 aliphatic rings. The predicted molar refractivity (Wildman–Crippen MR) is 54.0 cm³/mol. The fourth-order valence-corrected chi connectivity index (χ4v) is 0.972. The van der Waals surface area contributed by atoms with Crippen molar-refractivity contribution in [3.63, 3.8) is 0 Å². The predicted octanol–water partition coefficient (Wildman–Crippen LogP) is 1.73. The van der Waals surface area contributed by atoms with Crippen LogP contribution in [-0.4, -0.2) is 20.1 Å². The Bertz CT molecular complexity index is 311. The molecule has 1 rings (SSSR count). The van der Waals surface area contributed by atoms with Gasteiger partial charge >= 0.3 is 0 Å². The monoisotopic (exact) mass is 197 g/mol. The lowest BCUT2D eigenvalue weighted by atomic mass is 10.2. The normalized spacial score (nSPS) is 13.1. The molecule has 0 fully saturated rings. The van der Waals surface area contributed by atoms with Gasteiger partial charge in [-0.1, -0.05) is 30.3 Å². The third kappa shape index (κ3) is 3.40. The maximum atomic E-state index is 10.5. The highest BCUT2D eigenvalue weighted by molar-refractivity contribution is 7.76. The zero-order valence-electron chi connectivity index (χ0n) is 7.25. The van der Waals surface area contributed by atoms with E-state index in [0.29, 0.717) is 0 Å². The molecular weight excluding hydrogens is 186 g/mol. The molecule has 0 saturated heterocycles. The van der Waals surface area contributed by atoms with Gasteiger partial charge in [0.25, 0.3) is 11.3 Å². The molecule has 1 atom stereocenters. The molecule has 0 amide bonds. The van der Waals surface area contributed by atoms with Gasteiger partial charge < -0.3 is 0 Å². The van der Waals surface area contributed by atoms with Crippen LogP contribution in [0.15, 0.2) is 36.5 Å². The minimum atomic E-state index is -1.94. The summed E-state index contributed by atoms with van der Waals surface area (Å²) in [5.74, 6) is 0. The van der Waals surface area contributed by atoms with Gasteiger partial charge in [0.05, 0.1) is 0 Å². The second kappa shape index (κ2) is 4.79. The van der Waals surface area contributed by atoms with Crippen molar-refractivity contribution < 1.29 is 8.76 Å². The second-order valence-electron chi connectivity index (χ2n) is 2.50. The fraction of sp³-hybridized carbons (Fsp3) is 0.111. The maximum Gasteiger partial charge on any atom is 0.261 e. The van der Waals surface area contributed by atoms with Crippen LogP contribution in [-0.2, 0) is 11.3 Å². The van der Waals surface area contributed by atoms with Crippen LogP contribution in [0.2, 0.25) is 0 Å². The van der Waals surface area contributed by atoms with Crippen molar-refractivity contribution in [3.05, 3.63) is 42.1 Å². The van der Waals surface area contributed by atoms with Crippen LogP contribution < -0.4 is 0 Å². The lowest BCUT2D eigenvalue weighted by molar-refractivity contribution is 0.508. The van der Waals surface area contributed by atoms with Crippen molar-refractivity contribution in [2.45, 2.75) is 0 Å². The van der Waals surface area contributed by atoms with Gasteiger partial charge in [0, 0.05) is 13.2 Å². The Morgan fingerprint density at radius 2 is 2.00 bits per heavy atom. The molecular formula is C9H11NO2S. The first kappa shape index (κ1) is 9.95. The Balaban J connectivity index is 2.64. The van der Waals surface area contributed by atoms with Crippen molar-refractivity contribution in [2.75, 3.05) is 7.05 Å². The molecule has 4 heteroatoms. The summed E-state index contributed by atoms with van der Waals surface area (Å²) in [5, 5.41) is 0. The van der Waals surface area contributed by atoms with Crippen molar-refractivity contribution in [2.24, 2.45) is 0 Å². The summed E-state index contributed by atoms with van der Waals surface area (Å²) in [4.78, 5) is 0. The molecule has 13 heavy (non-hydrogen) atoms. The summed E-state index contributed by atoms with van der Waals surface area (Å²) in [6, 6.07) is 9.59. The highest BCUT2D eigenvalue weighted by Gasteiger charge is 1.95. The van der Waals surface area contributed by atoms with E-state index in [2.05, 4.69) is 0 Å². The SMILES string of the molecule is CN(C=Cc1ccccc1)S(=O)O. The molecule has 1 N–H and O–H groups in total. The van der Waals surface area contributed by atoms with Crippen LogP contribution in [0.1, 0.15) is 5.56 Å². The van der Waals surface area contributed by atoms with Crippen molar-refractivity contribution in [1.29, 1.82) is 0 Å². The van der Waals surface area contributed by atoms with Crippen LogP contribution in [0.25, 0.3) is 6.08 Å². The standard InChI is InChI=1S/C9H11NO2S/c1-10(13(11)12)8-7-9-5-3-2-4-6-9/h2-8H,1H3,(H,11,12). The fourth-order valence-electron chi connectivity index (χ4n) is 0.807. The van der Waals surface area contributed by atoms with E-state index in [-0.39, 0.29) is 0 Å². The van der Waals surface area contributed by atoms with E-state index in [9.17, 15) is 4.21 Å². The Morgan fingerprint density at radius 1 is 1.38 bits per heavy atom. The molecule has 3 nitrogen and oxygen atoms in total. The summed E-state index contributed by atoms with van der Waals surface area (Å²) >= 11 is -1.94. The number of hydrogen-bond acceptors (Lipinski definition) is 1. The molecule has 0 radical (unpaired) electrons. The van der Waals surface area contributed by atoms with E-state index in [4.69, 9.17) is 4.55 Å². The number of hydrogen-bond donors (Lipinski definition) is 1. The van der Waals surface area contributed by atoms with E-state index in [1.54, 1.807) is 12.3 Å². The first-order valence-electron chi connectivity index (χ1n) is 3.77. The van der Waals surface area contributed by atoms with Crippen LogP contribution >= 0.6 is 0 Å². The molecule has 0 spiro atoms. The highest BCUT2D eigenvalue weighted by Crippen LogP contribution is 2.02. The zero-order chi connectivity index (χ0) is 9.68. The number of benzene rings is 1. The van der Waals surface area contributed by atoms with Crippen molar-refractivity contribution in [3.8, 4) is 0 Å². The molecule has 1 unspecified atom stereocenters. The molecule has 1 aromatic carbocycles. The van der Waals surface area contributed by atoms with E-state index >= 15 is 0 Å². The average molecular weight is 197 g/mol. The van der Waals surface area contributed by atoms with E-state index in [1.165, 1.54) is 11.4 Å². The summed E-state index contributed by atoms with van der Waals surface area (Å²) in [5.41, 5.74) is 1.000. The topological polar surface area (TPSA) is 40.5 Å². The van der Waals surface area contributed by atoms with Gasteiger partial charge in [0.2, 0.25) is 0 Å². The Labute approximate surface area is 80.1 Å². The lowest BCUT2D eigenvalue weighted by Gasteiger charge is -2.05. The summed E-state index contributed by atoms with van der Waals surface area (Å²) in [7, 11) is 1.54. The first-order valence-corrected chi connectivity index (χ1v) is 4.83. The molecule has 1 aromatic rings. The molecule has 0 aliphatic heterocycles. The van der Waals surface area contributed by atoms with Crippen molar-refractivity contribution >= 4 is 17.3 Å². The van der Waals surface area contributed by atoms with Crippen LogP contribution in [0, 0.1) is 0 Å². The van der Waals surface area contributed by atoms with E-state index < -0.39 is 11.3 Å². The smallest absolute Gasteiger partial charge is 0.261 e. The lowest BCUT2D eigenvalue weighted by Crippen LogP contribution is -2.12. The third-order valence-electron chi connectivity index (χ3n) is 1.52. The van der Waals surface area contributed by atoms with Gasteiger partial charge in [-0.2, -0.15) is 0 Å². The maximum absolute atomic E-state index is 10.5. The van der Waals surface area contributed by atoms with E-state index in [1.807, 2.05) is 30.3 Å². The highest BCUT2D eigenvalue weighted by atomic mass is 32.2. The molecule has 0 aromatic heterocycles. The summed E-state index contributed by atoms with van der Waals surface area (Å²) in [6.45, 7) is 0. The number of rotatable bonds is 3. The van der Waals surface area contributed by atoms with Crippen molar-refractivity contribution in [1.82, 2.24) is 4.31 Å². The molecule has 0 saturated carbocycles. The minimum absolute atomic E-state index is 1.000. The van der Waals surface area contributed by atoms with Gasteiger partial charge in [0.15, 0.2) is 0 Å². The van der Waals surface area contributed by atoms with E-state index in [0.717, 1.165) is 5.56 Å². The van der Waals surface area contributed by atoms with Crippen LogP contribution in [0.4, 0.5) is 0 Å². The molecule has 70 valence electrons. The van der Waals surface area contributed by atoms with Gasteiger partial charge in [-0.05, 0) is 11.6 Å². The Hall–Kier alpha value is -1.13. The van der Waals surface area contributed by atoms with Gasteiger partial charge in [-0.3, -0.25) is 8.86 Å². The van der Waals surface area contributed by atoms with Gasteiger partial charge in [0.1, 0.15) is 0 Å². The Kier molecular flexibility index (Phi) is 3.67. The molecule has 0 heterocycles. The zero-order valence-corrected chi connectivity index (χ0v) is 8.07. The average Bonchev–Trinajstić information content (AvgIpc) is 2.15. The largest absolute Gasteiger partial charge is 0.289 e. The third-order valence-corrected chi connectivity index (χ3v) is 2.14. The van der Waals surface area contributed by atoms with Crippen LogP contribution in [0.3, 0.4) is 0 Å². The number of nitrogens with zero attached hydrogens (tertiary/aromatic N) is 1. The summed E-state index contributed by atoms with van der Waals surface area (Å²) in [6.07, 6.45) is 3.33. The molecule has 0 aliphatic carbocycles. The van der Waals surface area contributed by atoms with Gasteiger partial charge in [-0.25, -0.2) is 4.21 Å². The quantitative estimate of drug-likeness (QED) is 0.749. The Morgan fingerprint density at radius 3 is 2.54 bits per heavy atom. The first-order chi connectivity index (χ1) is 6.20. The second-order valence-corrected chi connectivity index (χ2v) is 3.54. The molecule has 0 bridgehead atoms. The van der Waals surface area contributed by atoms with Crippen LogP contribution in [0.5, 0.6) is 0 Å². The minimum Gasteiger partial charge on any atom is -0.289 e. The summed E-state index contributed by atoms with van der Waals surface area (Å²) < 4.78 is 20.4.